The molecular formula is C37H54N2O6. The van der Waals surface area contributed by atoms with Crippen molar-refractivity contribution >= 4 is 11.8 Å². The molecular weight excluding hydrogens is 568 g/mol. The van der Waals surface area contributed by atoms with Crippen LogP contribution in [-0.2, 0) is 14.3 Å². The molecule has 8 nitrogen and oxygen atoms in total. The number of nitrogens with one attached hydrogen (secondary N) is 1. The molecule has 5 aliphatic carbocycles. The molecule has 1 aromatic carbocycles. The van der Waals surface area contributed by atoms with Gasteiger partial charge in [-0.05, 0) is 85.2 Å². The molecule has 2 bridgehead atoms. The van der Waals surface area contributed by atoms with Crippen LogP contribution in [0, 0.1) is 40.9 Å². The minimum absolute atomic E-state index is 0.0317. The van der Waals surface area contributed by atoms with E-state index in [-0.39, 0.29) is 43.1 Å². The Morgan fingerprint density at radius 1 is 1.13 bits per heavy atom. The van der Waals surface area contributed by atoms with Gasteiger partial charge in [-0.1, -0.05) is 59.2 Å². The van der Waals surface area contributed by atoms with E-state index in [2.05, 4.69) is 39.9 Å². The molecule has 2 amide bonds. The Labute approximate surface area is 268 Å². The van der Waals surface area contributed by atoms with E-state index in [4.69, 9.17) is 9.47 Å². The lowest BCUT2D eigenvalue weighted by Gasteiger charge is -2.61. The number of ether oxygens (including phenoxy) is 2. The van der Waals surface area contributed by atoms with Crippen molar-refractivity contribution in [2.45, 2.75) is 103 Å². The van der Waals surface area contributed by atoms with Crippen LogP contribution in [0.5, 0.6) is 5.75 Å². The van der Waals surface area contributed by atoms with Crippen LogP contribution in [0.2, 0.25) is 0 Å². The van der Waals surface area contributed by atoms with Crippen molar-refractivity contribution in [1.29, 1.82) is 0 Å². The molecule has 4 saturated carbocycles. The summed E-state index contributed by atoms with van der Waals surface area (Å²) in [5.41, 5.74) is 1.57. The van der Waals surface area contributed by atoms with Crippen molar-refractivity contribution in [1.82, 2.24) is 10.2 Å². The smallest absolute Gasteiger partial charge is 0.249 e. The fourth-order valence-electron chi connectivity index (χ4n) is 9.58. The van der Waals surface area contributed by atoms with E-state index in [0.29, 0.717) is 47.5 Å². The van der Waals surface area contributed by atoms with Gasteiger partial charge in [0, 0.05) is 24.2 Å². The highest BCUT2D eigenvalue weighted by Crippen LogP contribution is 2.61. The number of benzene rings is 1. The van der Waals surface area contributed by atoms with Gasteiger partial charge in [0.05, 0.1) is 24.7 Å². The van der Waals surface area contributed by atoms with E-state index in [0.717, 1.165) is 37.2 Å². The highest BCUT2D eigenvalue weighted by atomic mass is 16.5. The van der Waals surface area contributed by atoms with Crippen LogP contribution in [0.4, 0.5) is 0 Å². The van der Waals surface area contributed by atoms with Crippen molar-refractivity contribution in [2.75, 3.05) is 26.3 Å². The van der Waals surface area contributed by atoms with Crippen LogP contribution in [-0.4, -0.2) is 77.6 Å². The average Bonchev–Trinajstić information content (AvgIpc) is 3.42. The van der Waals surface area contributed by atoms with Gasteiger partial charge in [0.2, 0.25) is 11.8 Å². The number of para-hydroxylation sites is 1. The number of aliphatic hydroxyl groups is 2. The summed E-state index contributed by atoms with van der Waals surface area (Å²) in [6.07, 6.45) is 6.76. The first-order chi connectivity index (χ1) is 21.5. The quantitative estimate of drug-likeness (QED) is 0.350. The lowest BCUT2D eigenvalue weighted by Crippen LogP contribution is -2.60. The minimum atomic E-state index is -1.02. The molecule has 4 fully saturated rings. The number of fused-ring (bicyclic) bond motifs is 5. The number of carbonyl (C=O) groups is 2. The van der Waals surface area contributed by atoms with Gasteiger partial charge >= 0.3 is 0 Å². The second kappa shape index (κ2) is 13.0. The lowest BCUT2D eigenvalue weighted by molar-refractivity contribution is -0.154. The van der Waals surface area contributed by atoms with Crippen LogP contribution in [0.15, 0.2) is 35.9 Å². The molecule has 10 atom stereocenters. The average molecular weight is 623 g/mol. The van der Waals surface area contributed by atoms with E-state index in [1.54, 1.807) is 6.08 Å². The maximum absolute atomic E-state index is 14.4. The highest BCUT2D eigenvalue weighted by molar-refractivity contribution is 5.96. The Bertz CT molecular complexity index is 1280. The number of aliphatic hydroxyl groups excluding tert-OH is 2. The van der Waals surface area contributed by atoms with Crippen LogP contribution < -0.4 is 10.1 Å². The Balaban J connectivity index is 1.31. The molecule has 3 N–H and O–H groups in total. The van der Waals surface area contributed by atoms with Gasteiger partial charge in [0.1, 0.15) is 24.6 Å². The normalized spacial score (nSPS) is 36.2. The van der Waals surface area contributed by atoms with Crippen LogP contribution in [0.25, 0.3) is 0 Å². The number of hydrogen-bond donors (Lipinski definition) is 3. The Morgan fingerprint density at radius 2 is 1.91 bits per heavy atom. The summed E-state index contributed by atoms with van der Waals surface area (Å²) >= 11 is 0. The van der Waals surface area contributed by atoms with Gasteiger partial charge in [-0.15, -0.1) is 0 Å². The standard InChI is InChI=1S/C37H54N2O6/c1-21(2)25-13-10-22(3)16-31(25)44-20-32(41)39(19-23-11-12-24-17-28(23)37(24,4)5)29-18-27(36(43)38-14-15-40)33-26-8-6-7-9-30(26)45-35(33)34(29)42/h6-9,18,21-25,28-29,31,33-35,40,42H,10-17,19-20H2,1-5H3,(H,38,43). The van der Waals surface area contributed by atoms with E-state index >= 15 is 0 Å². The molecule has 1 heterocycles. The topological polar surface area (TPSA) is 108 Å². The molecule has 10 unspecified atom stereocenters. The first-order valence-electron chi connectivity index (χ1n) is 17.5. The van der Waals surface area contributed by atoms with E-state index in [1.807, 2.05) is 29.2 Å². The molecule has 0 spiro atoms. The third kappa shape index (κ3) is 6.07. The van der Waals surface area contributed by atoms with Gasteiger partial charge in [0.15, 0.2) is 0 Å². The molecule has 8 heteroatoms. The van der Waals surface area contributed by atoms with E-state index in [9.17, 15) is 19.8 Å². The van der Waals surface area contributed by atoms with Crippen molar-refractivity contribution in [3.8, 4) is 5.75 Å². The highest BCUT2D eigenvalue weighted by Gasteiger charge is 2.56. The molecule has 0 aromatic heterocycles. The third-order valence-corrected chi connectivity index (χ3v) is 12.4. The van der Waals surface area contributed by atoms with Crippen molar-refractivity contribution in [2.24, 2.45) is 40.9 Å². The summed E-state index contributed by atoms with van der Waals surface area (Å²) in [5.74, 6) is 2.77. The summed E-state index contributed by atoms with van der Waals surface area (Å²) in [7, 11) is 0. The number of amides is 2. The second-order valence-electron chi connectivity index (χ2n) is 15.6. The minimum Gasteiger partial charge on any atom is -0.486 e. The predicted octanol–water partition coefficient (Wildman–Crippen LogP) is 4.69. The second-order valence-corrected chi connectivity index (χ2v) is 15.6. The molecule has 0 radical (unpaired) electrons. The summed E-state index contributed by atoms with van der Waals surface area (Å²) in [6.45, 7) is 11.9. The van der Waals surface area contributed by atoms with E-state index < -0.39 is 24.2 Å². The third-order valence-electron chi connectivity index (χ3n) is 12.4. The maximum atomic E-state index is 14.4. The Hall–Kier alpha value is -2.42. The summed E-state index contributed by atoms with van der Waals surface area (Å²) in [4.78, 5) is 29.8. The first kappa shape index (κ1) is 32.5. The SMILES string of the molecule is CC1CCC(C(C)C)C(OCC(=O)N(CC2CCC3CC2C3(C)C)C2C=C(C(=O)NCCO)C3c4ccccc4OC3C2O)C1. The molecule has 248 valence electrons. The fraction of sp³-hybridized carbons (Fsp3) is 0.730. The molecule has 45 heavy (non-hydrogen) atoms. The molecule has 1 aliphatic heterocycles. The summed E-state index contributed by atoms with van der Waals surface area (Å²) < 4.78 is 12.8. The first-order valence-corrected chi connectivity index (χ1v) is 17.5. The van der Waals surface area contributed by atoms with Crippen molar-refractivity contribution in [3.63, 3.8) is 0 Å². The molecule has 6 aliphatic rings. The molecule has 7 rings (SSSR count). The number of hydrogen-bond acceptors (Lipinski definition) is 6. The van der Waals surface area contributed by atoms with Crippen molar-refractivity contribution < 1.29 is 29.3 Å². The van der Waals surface area contributed by atoms with Gasteiger partial charge in [-0.3, -0.25) is 9.59 Å². The fourth-order valence-corrected chi connectivity index (χ4v) is 9.58. The maximum Gasteiger partial charge on any atom is 0.249 e. The zero-order valence-electron chi connectivity index (χ0n) is 27.8. The zero-order valence-corrected chi connectivity index (χ0v) is 27.8. The monoisotopic (exact) mass is 622 g/mol. The lowest BCUT2D eigenvalue weighted by atomic mass is 9.45. The Morgan fingerprint density at radius 3 is 2.62 bits per heavy atom. The zero-order chi connectivity index (χ0) is 32.0. The summed E-state index contributed by atoms with van der Waals surface area (Å²) in [5, 5.41) is 24.3. The largest absolute Gasteiger partial charge is 0.486 e. The molecule has 0 saturated heterocycles. The van der Waals surface area contributed by atoms with Crippen molar-refractivity contribution in [3.05, 3.63) is 41.5 Å². The summed E-state index contributed by atoms with van der Waals surface area (Å²) in [6, 6.07) is 6.86. The Kier molecular flexibility index (Phi) is 9.39. The van der Waals surface area contributed by atoms with Crippen LogP contribution >= 0.6 is 0 Å². The molecule has 1 aromatic rings. The van der Waals surface area contributed by atoms with E-state index in [1.165, 1.54) is 12.8 Å². The van der Waals surface area contributed by atoms with Gasteiger partial charge in [-0.25, -0.2) is 0 Å². The predicted molar refractivity (Wildman–Crippen MR) is 172 cm³/mol. The number of carbonyl (C=O) groups excluding carboxylic acids is 2. The van der Waals surface area contributed by atoms with Crippen LogP contribution in [0.1, 0.15) is 84.6 Å². The van der Waals surface area contributed by atoms with Crippen LogP contribution in [0.3, 0.4) is 0 Å². The van der Waals surface area contributed by atoms with Gasteiger partial charge in [0.25, 0.3) is 0 Å². The van der Waals surface area contributed by atoms with Gasteiger partial charge in [-0.2, -0.15) is 0 Å². The number of nitrogens with zero attached hydrogens (tertiary/aromatic N) is 1. The van der Waals surface area contributed by atoms with Gasteiger partial charge < -0.3 is 29.9 Å². The number of rotatable bonds is 10.